The highest BCUT2D eigenvalue weighted by Gasteiger charge is 2.34. The Morgan fingerprint density at radius 3 is 2.46 bits per heavy atom. The van der Waals surface area contributed by atoms with Gasteiger partial charge in [0.25, 0.3) is 11.5 Å². The maximum absolute atomic E-state index is 13.3. The number of carbonyl (C=O) groups excluding carboxylic acids is 1. The molecule has 2 fully saturated rings. The number of thiocarbonyl (C=S) groups is 1. The third kappa shape index (κ3) is 4.89. The van der Waals surface area contributed by atoms with E-state index in [9.17, 15) is 19.2 Å². The molecule has 0 unspecified atom stereocenters. The number of carbonyl (C=O) groups is 1. The lowest BCUT2D eigenvalue weighted by Gasteiger charge is -2.38. The molecular weight excluding hydrogens is 487 g/mol. The van der Waals surface area contributed by atoms with Crippen LogP contribution in [0.4, 0.5) is 10.2 Å². The molecule has 7 nitrogen and oxygen atoms in total. The Morgan fingerprint density at radius 1 is 1.23 bits per heavy atom. The van der Waals surface area contributed by atoms with E-state index in [0.717, 1.165) is 5.56 Å². The lowest BCUT2D eigenvalue weighted by molar-refractivity contribution is -0.122. The molecule has 35 heavy (non-hydrogen) atoms. The van der Waals surface area contributed by atoms with E-state index in [0.29, 0.717) is 39.3 Å². The van der Waals surface area contributed by atoms with E-state index in [1.54, 1.807) is 32.2 Å². The van der Waals surface area contributed by atoms with Crippen LogP contribution in [-0.4, -0.2) is 45.0 Å². The minimum atomic E-state index is -0.382. The second-order valence-electron chi connectivity index (χ2n) is 8.77. The number of benzene rings is 1. The van der Waals surface area contributed by atoms with Crippen LogP contribution in [0.2, 0.25) is 0 Å². The molecule has 1 aromatic carbocycles. The van der Waals surface area contributed by atoms with E-state index >= 15 is 0 Å². The largest absolute Gasteiger partial charge is 0.372 e. The van der Waals surface area contributed by atoms with E-state index < -0.39 is 0 Å². The molecule has 0 aliphatic carbocycles. The van der Waals surface area contributed by atoms with Gasteiger partial charge >= 0.3 is 0 Å². The number of morpholine rings is 1. The molecule has 2 aliphatic rings. The van der Waals surface area contributed by atoms with Gasteiger partial charge in [0.2, 0.25) is 0 Å². The summed E-state index contributed by atoms with van der Waals surface area (Å²) in [7, 11) is 1.64. The van der Waals surface area contributed by atoms with Gasteiger partial charge < -0.3 is 9.64 Å². The summed E-state index contributed by atoms with van der Waals surface area (Å²) in [4.78, 5) is 30.2. The fraction of sp³-hybridized carbons (Fsp3) is 0.360. The third-order valence-electron chi connectivity index (χ3n) is 6.09. The first-order valence-corrected chi connectivity index (χ1v) is 12.4. The van der Waals surface area contributed by atoms with Crippen molar-refractivity contribution in [2.45, 2.75) is 39.5 Å². The Balaban J connectivity index is 1.78. The third-order valence-corrected chi connectivity index (χ3v) is 7.47. The van der Waals surface area contributed by atoms with Crippen molar-refractivity contribution in [2.24, 2.45) is 7.05 Å². The van der Waals surface area contributed by atoms with Gasteiger partial charge in [0.15, 0.2) is 0 Å². The summed E-state index contributed by atoms with van der Waals surface area (Å²) in [6.45, 7) is 7.02. The van der Waals surface area contributed by atoms with E-state index in [-0.39, 0.29) is 41.6 Å². The number of hydrogen-bond donors (Lipinski definition) is 0. The lowest BCUT2D eigenvalue weighted by atomic mass is 10.0. The zero-order valence-electron chi connectivity index (χ0n) is 19.9. The van der Waals surface area contributed by atoms with Crippen LogP contribution in [0.15, 0.2) is 34.0 Å². The fourth-order valence-corrected chi connectivity index (χ4v) is 5.72. The van der Waals surface area contributed by atoms with Crippen molar-refractivity contribution in [1.82, 2.24) is 9.47 Å². The van der Waals surface area contributed by atoms with E-state index in [2.05, 4.69) is 4.90 Å². The highest BCUT2D eigenvalue weighted by atomic mass is 32.2. The van der Waals surface area contributed by atoms with Crippen molar-refractivity contribution in [3.63, 3.8) is 0 Å². The Kier molecular flexibility index (Phi) is 7.12. The predicted octanol–water partition coefficient (Wildman–Crippen LogP) is 3.72. The zero-order valence-corrected chi connectivity index (χ0v) is 21.5. The first-order chi connectivity index (χ1) is 16.6. The van der Waals surface area contributed by atoms with Crippen molar-refractivity contribution >= 4 is 46.1 Å². The molecule has 0 bridgehead atoms. The summed E-state index contributed by atoms with van der Waals surface area (Å²) in [6, 6.07) is 7.94. The van der Waals surface area contributed by atoms with Gasteiger partial charge in [-0.3, -0.25) is 19.1 Å². The maximum atomic E-state index is 13.3. The highest BCUT2D eigenvalue weighted by Crippen LogP contribution is 2.37. The second-order valence-corrected chi connectivity index (χ2v) is 10.4. The quantitative estimate of drug-likeness (QED) is 0.456. The molecule has 2 aromatic rings. The first kappa shape index (κ1) is 25.1. The number of amides is 1. The topological polar surface area (TPSA) is 78.6 Å². The molecule has 182 valence electrons. The molecule has 4 rings (SSSR count). The van der Waals surface area contributed by atoms with Crippen LogP contribution in [0.5, 0.6) is 0 Å². The van der Waals surface area contributed by atoms with E-state index in [4.69, 9.17) is 17.0 Å². The molecule has 1 amide bonds. The SMILES string of the molecule is Cc1c(/C=C2\SC(=S)N(Cc3ccc(F)cc3)C2=O)c(N2C[C@H](C)O[C@@H](C)C2)n(C)c(=O)c1C#N. The number of pyridine rings is 1. The number of ether oxygens (including phenoxy) is 1. The van der Waals surface area contributed by atoms with Gasteiger partial charge in [0.1, 0.15) is 27.6 Å². The smallest absolute Gasteiger partial charge is 0.270 e. The number of nitriles is 1. The lowest BCUT2D eigenvalue weighted by Crippen LogP contribution is -2.47. The van der Waals surface area contributed by atoms with Crippen LogP contribution < -0.4 is 10.5 Å². The Bertz CT molecular complexity index is 1320. The van der Waals surface area contributed by atoms with Gasteiger partial charge in [-0.15, -0.1) is 0 Å². The van der Waals surface area contributed by atoms with Crippen LogP contribution in [0, 0.1) is 24.1 Å². The van der Waals surface area contributed by atoms with E-state index in [1.165, 1.54) is 33.4 Å². The second kappa shape index (κ2) is 9.93. The molecule has 1 aromatic heterocycles. The standard InChI is InChI=1S/C25H25FN4O3S2/c1-14-11-29(12-15(2)33-14)22-19(16(3)20(10-27)23(31)28(22)4)9-21-24(32)30(25(34)35-21)13-17-5-7-18(26)8-6-17/h5-9,14-15H,11-13H2,1-4H3/b21-9-/t14-,15-/m0/s1. The molecular formula is C25H25FN4O3S2. The van der Waals surface area contributed by atoms with Crippen molar-refractivity contribution in [2.75, 3.05) is 18.0 Å². The minimum Gasteiger partial charge on any atom is -0.372 e. The van der Waals surface area contributed by atoms with Crippen molar-refractivity contribution < 1.29 is 13.9 Å². The van der Waals surface area contributed by atoms with Crippen LogP contribution in [0.1, 0.15) is 36.1 Å². The summed E-state index contributed by atoms with van der Waals surface area (Å²) in [5, 5.41) is 9.67. The average molecular weight is 513 g/mol. The van der Waals surface area contributed by atoms with Crippen LogP contribution in [0.25, 0.3) is 6.08 Å². The van der Waals surface area contributed by atoms with Gasteiger partial charge in [-0.1, -0.05) is 36.1 Å². The highest BCUT2D eigenvalue weighted by molar-refractivity contribution is 8.26. The molecule has 3 heterocycles. The van der Waals surface area contributed by atoms with E-state index in [1.807, 2.05) is 19.9 Å². The molecule has 2 saturated heterocycles. The molecule has 0 saturated carbocycles. The Morgan fingerprint density at radius 2 is 1.86 bits per heavy atom. The molecule has 10 heteroatoms. The fourth-order valence-electron chi connectivity index (χ4n) is 4.48. The van der Waals surface area contributed by atoms with Crippen LogP contribution in [0.3, 0.4) is 0 Å². The molecule has 0 radical (unpaired) electrons. The molecule has 0 spiro atoms. The monoisotopic (exact) mass is 512 g/mol. The number of halogens is 1. The summed E-state index contributed by atoms with van der Waals surface area (Å²) in [5.74, 6) is 0.0137. The zero-order chi connectivity index (χ0) is 25.4. The normalized spacial score (nSPS) is 21.7. The van der Waals surface area contributed by atoms with Gasteiger partial charge in [-0.25, -0.2) is 4.39 Å². The van der Waals surface area contributed by atoms with Gasteiger partial charge in [0.05, 0.1) is 23.7 Å². The van der Waals surface area contributed by atoms with Crippen molar-refractivity contribution in [3.8, 4) is 6.07 Å². The molecule has 2 aliphatic heterocycles. The Hall–Kier alpha value is -3.00. The van der Waals surface area contributed by atoms with Gasteiger partial charge in [-0.2, -0.15) is 5.26 Å². The first-order valence-electron chi connectivity index (χ1n) is 11.1. The summed E-state index contributed by atoms with van der Waals surface area (Å²) < 4.78 is 21.0. The van der Waals surface area contributed by atoms with Gasteiger partial charge in [-0.05, 0) is 50.1 Å². The van der Waals surface area contributed by atoms with Crippen LogP contribution in [-0.2, 0) is 23.1 Å². The molecule has 0 N–H and O–H groups in total. The predicted molar refractivity (Wildman–Crippen MR) is 138 cm³/mol. The summed E-state index contributed by atoms with van der Waals surface area (Å²) >= 11 is 6.64. The number of thioether (sulfide) groups is 1. The minimum absolute atomic E-state index is 0.0404. The number of nitrogens with zero attached hydrogens (tertiary/aromatic N) is 4. The van der Waals surface area contributed by atoms with Crippen molar-refractivity contribution in [3.05, 3.63) is 67.6 Å². The summed E-state index contributed by atoms with van der Waals surface area (Å²) in [6.07, 6.45) is 1.62. The number of hydrogen-bond acceptors (Lipinski definition) is 7. The Labute approximate surface area is 212 Å². The van der Waals surface area contributed by atoms with Gasteiger partial charge in [0, 0.05) is 25.7 Å². The van der Waals surface area contributed by atoms with Crippen molar-refractivity contribution in [1.29, 1.82) is 5.26 Å². The molecule has 2 atom stereocenters. The number of anilines is 1. The number of aromatic nitrogens is 1. The number of rotatable bonds is 4. The average Bonchev–Trinajstić information content (AvgIpc) is 3.06. The summed E-state index contributed by atoms with van der Waals surface area (Å²) in [5.41, 5.74) is 1.56. The maximum Gasteiger partial charge on any atom is 0.270 e. The van der Waals surface area contributed by atoms with Crippen LogP contribution >= 0.6 is 24.0 Å².